The molecule has 1 aromatic carbocycles. The number of esters is 1. The molecular formula is C18H26N2O5. The molecular weight excluding hydrogens is 324 g/mol. The number of benzene rings is 1. The molecule has 0 radical (unpaired) electrons. The van der Waals surface area contributed by atoms with E-state index < -0.39 is 24.0 Å². The van der Waals surface area contributed by atoms with Crippen molar-refractivity contribution < 1.29 is 23.9 Å². The number of imide groups is 1. The van der Waals surface area contributed by atoms with Gasteiger partial charge in [-0.3, -0.25) is 10.1 Å². The van der Waals surface area contributed by atoms with Crippen molar-refractivity contribution in [3.05, 3.63) is 29.8 Å². The molecule has 0 aromatic heterocycles. The minimum absolute atomic E-state index is 0.110. The molecule has 0 fully saturated rings. The van der Waals surface area contributed by atoms with Gasteiger partial charge < -0.3 is 14.8 Å². The SMILES string of the molecule is CC(C)NC(=O)NC(=O)[C@@H](C)OC(=O)COc1ccc(C(C)C)cc1. The second kappa shape index (κ2) is 9.66. The first-order valence-electron chi connectivity index (χ1n) is 8.22. The minimum Gasteiger partial charge on any atom is -0.482 e. The van der Waals surface area contributed by atoms with Gasteiger partial charge in [0.05, 0.1) is 0 Å². The van der Waals surface area contributed by atoms with Crippen LogP contribution in [-0.2, 0) is 14.3 Å². The number of hydrogen-bond acceptors (Lipinski definition) is 5. The Morgan fingerprint density at radius 3 is 2.12 bits per heavy atom. The monoisotopic (exact) mass is 350 g/mol. The molecule has 0 spiro atoms. The van der Waals surface area contributed by atoms with Gasteiger partial charge >= 0.3 is 12.0 Å². The van der Waals surface area contributed by atoms with Crippen LogP contribution in [0.25, 0.3) is 0 Å². The molecule has 0 aliphatic rings. The van der Waals surface area contributed by atoms with Crippen molar-refractivity contribution in [2.24, 2.45) is 0 Å². The fraction of sp³-hybridized carbons (Fsp3) is 0.500. The van der Waals surface area contributed by atoms with Crippen molar-refractivity contribution in [3.63, 3.8) is 0 Å². The summed E-state index contributed by atoms with van der Waals surface area (Å²) < 4.78 is 10.3. The van der Waals surface area contributed by atoms with Crippen LogP contribution in [-0.4, -0.2) is 36.7 Å². The summed E-state index contributed by atoms with van der Waals surface area (Å²) in [6.45, 7) is 8.75. The molecule has 0 bridgehead atoms. The predicted octanol–water partition coefficient (Wildman–Crippen LogP) is 2.35. The van der Waals surface area contributed by atoms with Crippen LogP contribution >= 0.6 is 0 Å². The van der Waals surface area contributed by atoms with Gasteiger partial charge in [0.1, 0.15) is 5.75 Å². The van der Waals surface area contributed by atoms with Crippen molar-refractivity contribution in [2.45, 2.75) is 52.7 Å². The predicted molar refractivity (Wildman–Crippen MR) is 93.4 cm³/mol. The Kier molecular flexibility index (Phi) is 7.91. The number of amides is 3. The average Bonchev–Trinajstić information content (AvgIpc) is 2.52. The standard InChI is InChI=1S/C18H26N2O5/c1-11(2)14-6-8-15(9-7-14)24-10-16(21)25-13(5)17(22)20-18(23)19-12(3)4/h6-9,11-13H,10H2,1-5H3,(H2,19,20,22,23)/t13-/m1/s1. The van der Waals surface area contributed by atoms with Crippen molar-refractivity contribution in [1.82, 2.24) is 10.6 Å². The first-order valence-corrected chi connectivity index (χ1v) is 8.22. The van der Waals surface area contributed by atoms with Gasteiger partial charge in [0, 0.05) is 6.04 Å². The van der Waals surface area contributed by atoms with E-state index >= 15 is 0 Å². The van der Waals surface area contributed by atoms with Crippen LogP contribution in [0.4, 0.5) is 4.79 Å². The van der Waals surface area contributed by atoms with E-state index in [0.717, 1.165) is 0 Å². The number of urea groups is 1. The van der Waals surface area contributed by atoms with Gasteiger partial charge in [0.15, 0.2) is 12.7 Å². The fourth-order valence-electron chi connectivity index (χ4n) is 1.89. The van der Waals surface area contributed by atoms with E-state index in [1.807, 2.05) is 12.1 Å². The Morgan fingerprint density at radius 2 is 1.60 bits per heavy atom. The first-order chi connectivity index (χ1) is 11.7. The van der Waals surface area contributed by atoms with Crippen LogP contribution < -0.4 is 15.4 Å². The van der Waals surface area contributed by atoms with E-state index in [1.54, 1.807) is 26.0 Å². The van der Waals surface area contributed by atoms with Crippen molar-refractivity contribution >= 4 is 17.9 Å². The summed E-state index contributed by atoms with van der Waals surface area (Å²) >= 11 is 0. The van der Waals surface area contributed by atoms with E-state index in [1.165, 1.54) is 12.5 Å². The Balaban J connectivity index is 2.40. The maximum Gasteiger partial charge on any atom is 0.344 e. The Bertz CT molecular complexity index is 596. The van der Waals surface area contributed by atoms with Crippen LogP contribution in [0.1, 0.15) is 46.1 Å². The molecule has 1 rings (SSSR count). The van der Waals surface area contributed by atoms with E-state index in [4.69, 9.17) is 9.47 Å². The zero-order valence-corrected chi connectivity index (χ0v) is 15.3. The second-order valence-corrected chi connectivity index (χ2v) is 6.26. The number of ether oxygens (including phenoxy) is 2. The third-order valence-corrected chi connectivity index (χ3v) is 3.24. The van der Waals surface area contributed by atoms with Crippen LogP contribution in [0, 0.1) is 0 Å². The molecule has 0 unspecified atom stereocenters. The van der Waals surface area contributed by atoms with Gasteiger partial charge in [0.2, 0.25) is 0 Å². The molecule has 7 heteroatoms. The second-order valence-electron chi connectivity index (χ2n) is 6.26. The van der Waals surface area contributed by atoms with Gasteiger partial charge in [-0.2, -0.15) is 0 Å². The van der Waals surface area contributed by atoms with Gasteiger partial charge in [-0.25, -0.2) is 9.59 Å². The molecule has 0 aliphatic heterocycles. The normalized spacial score (nSPS) is 11.8. The zero-order chi connectivity index (χ0) is 19.0. The molecule has 0 saturated heterocycles. The van der Waals surface area contributed by atoms with Crippen LogP contribution in [0.3, 0.4) is 0 Å². The number of hydrogen-bond donors (Lipinski definition) is 2. The minimum atomic E-state index is -1.10. The third-order valence-electron chi connectivity index (χ3n) is 3.24. The number of carbonyl (C=O) groups excluding carboxylic acids is 3. The summed E-state index contributed by atoms with van der Waals surface area (Å²) in [5.41, 5.74) is 1.17. The van der Waals surface area contributed by atoms with Gasteiger partial charge in [-0.05, 0) is 44.4 Å². The first kappa shape index (κ1) is 20.5. The third kappa shape index (κ3) is 7.69. The molecule has 1 atom stereocenters. The molecule has 0 saturated carbocycles. The Labute approximate surface area is 148 Å². The lowest BCUT2D eigenvalue weighted by Gasteiger charge is -2.14. The average molecular weight is 350 g/mol. The smallest absolute Gasteiger partial charge is 0.344 e. The molecule has 1 aromatic rings. The lowest BCUT2D eigenvalue weighted by molar-refractivity contribution is -0.156. The van der Waals surface area contributed by atoms with E-state index in [-0.39, 0.29) is 12.6 Å². The van der Waals surface area contributed by atoms with E-state index in [0.29, 0.717) is 11.7 Å². The number of nitrogens with one attached hydrogen (secondary N) is 2. The van der Waals surface area contributed by atoms with Crippen molar-refractivity contribution in [2.75, 3.05) is 6.61 Å². The highest BCUT2D eigenvalue weighted by molar-refractivity contribution is 5.97. The molecule has 0 heterocycles. The summed E-state index contributed by atoms with van der Waals surface area (Å²) in [6.07, 6.45) is -1.10. The van der Waals surface area contributed by atoms with Crippen LogP contribution in [0.5, 0.6) is 5.75 Å². The van der Waals surface area contributed by atoms with Crippen LogP contribution in [0.15, 0.2) is 24.3 Å². The maximum absolute atomic E-state index is 11.8. The highest BCUT2D eigenvalue weighted by Crippen LogP contribution is 2.18. The Morgan fingerprint density at radius 1 is 1.00 bits per heavy atom. The number of rotatable bonds is 7. The van der Waals surface area contributed by atoms with Gasteiger partial charge in [-0.1, -0.05) is 26.0 Å². The van der Waals surface area contributed by atoms with Gasteiger partial charge in [-0.15, -0.1) is 0 Å². The maximum atomic E-state index is 11.8. The van der Waals surface area contributed by atoms with Crippen molar-refractivity contribution in [3.8, 4) is 5.75 Å². The molecule has 7 nitrogen and oxygen atoms in total. The number of carbonyl (C=O) groups is 3. The van der Waals surface area contributed by atoms with E-state index in [2.05, 4.69) is 24.5 Å². The highest BCUT2D eigenvalue weighted by atomic mass is 16.6. The summed E-state index contributed by atoms with van der Waals surface area (Å²) in [6, 6.07) is 6.65. The van der Waals surface area contributed by atoms with Gasteiger partial charge in [0.25, 0.3) is 5.91 Å². The highest BCUT2D eigenvalue weighted by Gasteiger charge is 2.20. The largest absolute Gasteiger partial charge is 0.482 e. The summed E-state index contributed by atoms with van der Waals surface area (Å²) in [5, 5.41) is 4.60. The zero-order valence-electron chi connectivity index (χ0n) is 15.3. The lowest BCUT2D eigenvalue weighted by Crippen LogP contribution is -2.46. The lowest BCUT2D eigenvalue weighted by atomic mass is 10.0. The quantitative estimate of drug-likeness (QED) is 0.736. The summed E-state index contributed by atoms with van der Waals surface area (Å²) in [4.78, 5) is 34.9. The topological polar surface area (TPSA) is 93.7 Å². The fourth-order valence-corrected chi connectivity index (χ4v) is 1.89. The molecule has 2 N–H and O–H groups in total. The summed E-state index contributed by atoms with van der Waals surface area (Å²) in [5.74, 6) is -0.450. The van der Waals surface area contributed by atoms with E-state index in [9.17, 15) is 14.4 Å². The molecule has 3 amide bonds. The Hall–Kier alpha value is -2.57. The molecule has 25 heavy (non-hydrogen) atoms. The summed E-state index contributed by atoms with van der Waals surface area (Å²) in [7, 11) is 0. The van der Waals surface area contributed by atoms with Crippen LogP contribution in [0.2, 0.25) is 0 Å². The molecule has 138 valence electrons. The van der Waals surface area contributed by atoms with Crippen molar-refractivity contribution in [1.29, 1.82) is 0 Å². The molecule has 0 aliphatic carbocycles.